The van der Waals surface area contributed by atoms with E-state index < -0.39 is 16.1 Å². The molecule has 0 aromatic heterocycles. The molecule has 2 aromatic carbocycles. The van der Waals surface area contributed by atoms with Crippen molar-refractivity contribution in [2.75, 3.05) is 11.9 Å². The quantitative estimate of drug-likeness (QED) is 0.853. The van der Waals surface area contributed by atoms with E-state index in [1.807, 2.05) is 0 Å². The molecule has 0 bridgehead atoms. The number of benzene rings is 2. The highest BCUT2D eigenvalue weighted by atomic mass is 35.5. The lowest BCUT2D eigenvalue weighted by molar-refractivity contribution is -0.114. The summed E-state index contributed by atoms with van der Waals surface area (Å²) in [5.74, 6) is 0.411. The Kier molecular flexibility index (Phi) is 4.99. The molecule has 1 unspecified atom stereocenters. The van der Waals surface area contributed by atoms with Gasteiger partial charge in [0.25, 0.3) is 0 Å². The van der Waals surface area contributed by atoms with Crippen LogP contribution >= 0.6 is 11.6 Å². The highest BCUT2D eigenvalue weighted by Gasteiger charge is 2.27. The van der Waals surface area contributed by atoms with E-state index >= 15 is 0 Å². The van der Waals surface area contributed by atoms with Crippen LogP contribution in [0.4, 0.5) is 5.69 Å². The van der Waals surface area contributed by atoms with Gasteiger partial charge in [-0.05, 0) is 42.5 Å². The second-order valence-electron chi connectivity index (χ2n) is 5.70. The SMILES string of the molecule is CC(=O)Nc1ccc(S(=O)(=O)NC2CCOc3ccc(Cl)cc32)cc1. The van der Waals surface area contributed by atoms with E-state index in [1.54, 1.807) is 30.3 Å². The summed E-state index contributed by atoms with van der Waals surface area (Å²) in [4.78, 5) is 11.2. The Morgan fingerprint density at radius 3 is 2.60 bits per heavy atom. The number of rotatable bonds is 4. The Morgan fingerprint density at radius 1 is 1.20 bits per heavy atom. The number of nitrogens with one attached hydrogen (secondary N) is 2. The largest absolute Gasteiger partial charge is 0.493 e. The first-order chi connectivity index (χ1) is 11.8. The molecule has 25 heavy (non-hydrogen) atoms. The Labute approximate surface area is 151 Å². The maximum absolute atomic E-state index is 12.7. The summed E-state index contributed by atoms with van der Waals surface area (Å²) in [6.07, 6.45) is 0.510. The molecule has 3 rings (SSSR count). The number of anilines is 1. The number of carbonyl (C=O) groups excluding carboxylic acids is 1. The molecule has 2 aromatic rings. The Balaban J connectivity index is 1.83. The molecule has 0 fully saturated rings. The Bertz CT molecular complexity index is 897. The summed E-state index contributed by atoms with van der Waals surface area (Å²) >= 11 is 6.02. The van der Waals surface area contributed by atoms with Crippen LogP contribution in [0.25, 0.3) is 0 Å². The first kappa shape index (κ1) is 17.7. The molecule has 6 nitrogen and oxygen atoms in total. The molecule has 0 radical (unpaired) electrons. The van der Waals surface area contributed by atoms with Crippen LogP contribution in [0.1, 0.15) is 24.9 Å². The number of halogens is 1. The third-order valence-corrected chi connectivity index (χ3v) is 5.52. The lowest BCUT2D eigenvalue weighted by Crippen LogP contribution is -2.32. The zero-order chi connectivity index (χ0) is 18.0. The highest BCUT2D eigenvalue weighted by Crippen LogP contribution is 2.35. The van der Waals surface area contributed by atoms with Crippen molar-refractivity contribution in [3.8, 4) is 5.75 Å². The van der Waals surface area contributed by atoms with E-state index in [0.29, 0.717) is 29.5 Å². The van der Waals surface area contributed by atoms with Crippen LogP contribution in [-0.4, -0.2) is 20.9 Å². The summed E-state index contributed by atoms with van der Waals surface area (Å²) in [6, 6.07) is 10.7. The first-order valence-corrected chi connectivity index (χ1v) is 9.53. The van der Waals surface area contributed by atoms with Crippen LogP contribution in [0.5, 0.6) is 5.75 Å². The van der Waals surface area contributed by atoms with Crippen LogP contribution in [0.3, 0.4) is 0 Å². The third kappa shape index (κ3) is 4.12. The van der Waals surface area contributed by atoms with Crippen LogP contribution < -0.4 is 14.8 Å². The molecular weight excluding hydrogens is 364 g/mol. The number of ether oxygens (including phenoxy) is 1. The van der Waals surface area contributed by atoms with Crippen molar-refractivity contribution < 1.29 is 17.9 Å². The standard InChI is InChI=1S/C17H17ClN2O4S/c1-11(21)19-13-3-5-14(6-4-13)25(22,23)20-16-8-9-24-17-7-2-12(18)10-15(16)17/h2-7,10,16,20H,8-9H2,1H3,(H,19,21). The fourth-order valence-corrected chi connectivity index (χ4v) is 4.09. The molecule has 8 heteroatoms. The summed E-state index contributed by atoms with van der Waals surface area (Å²) in [7, 11) is -3.72. The third-order valence-electron chi connectivity index (χ3n) is 3.79. The van der Waals surface area contributed by atoms with E-state index in [0.717, 1.165) is 5.56 Å². The number of hydrogen-bond donors (Lipinski definition) is 2. The fourth-order valence-electron chi connectivity index (χ4n) is 2.66. The second kappa shape index (κ2) is 7.03. The highest BCUT2D eigenvalue weighted by molar-refractivity contribution is 7.89. The topological polar surface area (TPSA) is 84.5 Å². The van der Waals surface area contributed by atoms with Gasteiger partial charge in [0.2, 0.25) is 15.9 Å². The summed E-state index contributed by atoms with van der Waals surface area (Å²) < 4.78 is 33.6. The predicted molar refractivity (Wildman–Crippen MR) is 95.4 cm³/mol. The lowest BCUT2D eigenvalue weighted by Gasteiger charge is -2.26. The summed E-state index contributed by atoms with van der Waals surface area (Å²) in [5, 5.41) is 3.12. The maximum Gasteiger partial charge on any atom is 0.241 e. The van der Waals surface area contributed by atoms with Crippen molar-refractivity contribution in [3.05, 3.63) is 53.1 Å². The zero-order valence-electron chi connectivity index (χ0n) is 13.5. The smallest absolute Gasteiger partial charge is 0.241 e. The summed E-state index contributed by atoms with van der Waals surface area (Å²) in [5.41, 5.74) is 1.26. The maximum atomic E-state index is 12.7. The van der Waals surface area contributed by atoms with E-state index in [2.05, 4.69) is 10.0 Å². The normalized spacial score (nSPS) is 16.6. The Morgan fingerprint density at radius 2 is 1.92 bits per heavy atom. The lowest BCUT2D eigenvalue weighted by atomic mass is 10.0. The molecule has 1 heterocycles. The number of sulfonamides is 1. The van der Waals surface area contributed by atoms with Crippen LogP contribution in [0, 0.1) is 0 Å². The Hall–Kier alpha value is -2.09. The molecule has 2 N–H and O–H groups in total. The van der Waals surface area contributed by atoms with Gasteiger partial charge in [0.1, 0.15) is 5.75 Å². The number of amides is 1. The molecule has 0 saturated heterocycles. The van der Waals surface area contributed by atoms with Crippen LogP contribution in [0.15, 0.2) is 47.4 Å². The molecule has 0 aliphatic carbocycles. The van der Waals surface area contributed by atoms with Gasteiger partial charge in [0.05, 0.1) is 17.5 Å². The van der Waals surface area contributed by atoms with Crippen LogP contribution in [-0.2, 0) is 14.8 Å². The average Bonchev–Trinajstić information content (AvgIpc) is 2.55. The number of carbonyl (C=O) groups is 1. The fraction of sp³-hybridized carbons (Fsp3) is 0.235. The minimum Gasteiger partial charge on any atom is -0.493 e. The minimum absolute atomic E-state index is 0.122. The first-order valence-electron chi connectivity index (χ1n) is 7.67. The predicted octanol–water partition coefficient (Wildman–Crippen LogP) is 3.10. The zero-order valence-corrected chi connectivity index (χ0v) is 15.0. The molecule has 0 spiro atoms. The van der Waals surface area contributed by atoms with E-state index in [1.165, 1.54) is 19.1 Å². The van der Waals surface area contributed by atoms with Crippen molar-refractivity contribution in [2.45, 2.75) is 24.3 Å². The van der Waals surface area contributed by atoms with Gasteiger partial charge in [-0.2, -0.15) is 0 Å². The van der Waals surface area contributed by atoms with Crippen molar-refractivity contribution >= 4 is 33.2 Å². The molecule has 132 valence electrons. The van der Waals surface area contributed by atoms with E-state index in [-0.39, 0.29) is 10.8 Å². The molecule has 1 atom stereocenters. The van der Waals surface area contributed by atoms with Gasteiger partial charge in [-0.25, -0.2) is 13.1 Å². The van der Waals surface area contributed by atoms with Gasteiger partial charge in [0.15, 0.2) is 0 Å². The van der Waals surface area contributed by atoms with Gasteiger partial charge < -0.3 is 10.1 Å². The molecule has 1 aliphatic rings. The van der Waals surface area contributed by atoms with Gasteiger partial charge in [-0.3, -0.25) is 4.79 Å². The van der Waals surface area contributed by atoms with E-state index in [9.17, 15) is 13.2 Å². The van der Waals surface area contributed by atoms with Crippen molar-refractivity contribution in [1.82, 2.24) is 4.72 Å². The van der Waals surface area contributed by atoms with Crippen LogP contribution in [0.2, 0.25) is 5.02 Å². The molecule has 1 amide bonds. The molecule has 0 saturated carbocycles. The van der Waals surface area contributed by atoms with Crippen molar-refractivity contribution in [2.24, 2.45) is 0 Å². The molecular formula is C17H17ClN2O4S. The second-order valence-corrected chi connectivity index (χ2v) is 7.85. The van der Waals surface area contributed by atoms with Gasteiger partial charge in [-0.15, -0.1) is 0 Å². The number of fused-ring (bicyclic) bond motifs is 1. The van der Waals surface area contributed by atoms with Gasteiger partial charge in [-0.1, -0.05) is 11.6 Å². The van der Waals surface area contributed by atoms with Gasteiger partial charge in [0, 0.05) is 29.6 Å². The minimum atomic E-state index is -3.72. The van der Waals surface area contributed by atoms with Crippen molar-refractivity contribution in [1.29, 1.82) is 0 Å². The van der Waals surface area contributed by atoms with Gasteiger partial charge >= 0.3 is 0 Å². The number of hydrogen-bond acceptors (Lipinski definition) is 4. The average molecular weight is 381 g/mol. The molecule has 1 aliphatic heterocycles. The van der Waals surface area contributed by atoms with Crippen molar-refractivity contribution in [3.63, 3.8) is 0 Å². The van der Waals surface area contributed by atoms with E-state index in [4.69, 9.17) is 16.3 Å². The summed E-state index contributed by atoms with van der Waals surface area (Å²) in [6.45, 7) is 1.81. The monoisotopic (exact) mass is 380 g/mol.